The van der Waals surface area contributed by atoms with Crippen LogP contribution in [0.4, 0.5) is 5.82 Å². The third-order valence-electron chi connectivity index (χ3n) is 5.44. The molecule has 4 aromatic rings. The molecule has 0 bridgehead atoms. The lowest BCUT2D eigenvalue weighted by molar-refractivity contribution is -0.121. The molecule has 2 heterocycles. The van der Waals surface area contributed by atoms with Crippen LogP contribution in [0.1, 0.15) is 37.3 Å². The predicted octanol–water partition coefficient (Wildman–Crippen LogP) is 4.71. The Morgan fingerprint density at radius 3 is 2.26 bits per heavy atom. The highest BCUT2D eigenvalue weighted by Gasteiger charge is 2.22. The molecule has 8 heteroatoms. The highest BCUT2D eigenvalue weighted by atomic mass is 32.2. The van der Waals surface area contributed by atoms with E-state index in [-0.39, 0.29) is 11.8 Å². The molecule has 7 nitrogen and oxygen atoms in total. The SMILES string of the molecule is CCCNc1nc(SCC)nc2c1cnn2CCNC(=O)C(c1ccccc1)c1ccccc1. The molecule has 4 rings (SSSR count). The summed E-state index contributed by atoms with van der Waals surface area (Å²) in [6, 6.07) is 19.7. The second-order valence-electron chi connectivity index (χ2n) is 7.86. The Labute approximate surface area is 204 Å². The zero-order valence-electron chi connectivity index (χ0n) is 19.6. The van der Waals surface area contributed by atoms with Crippen LogP contribution < -0.4 is 10.6 Å². The molecule has 0 saturated heterocycles. The largest absolute Gasteiger partial charge is 0.369 e. The first kappa shape index (κ1) is 23.8. The highest BCUT2D eigenvalue weighted by molar-refractivity contribution is 7.99. The molecule has 2 aromatic heterocycles. The number of nitrogens with one attached hydrogen (secondary N) is 2. The van der Waals surface area contributed by atoms with Crippen molar-refractivity contribution in [1.29, 1.82) is 0 Å². The fourth-order valence-corrected chi connectivity index (χ4v) is 4.41. The van der Waals surface area contributed by atoms with Crippen molar-refractivity contribution in [2.24, 2.45) is 0 Å². The maximum Gasteiger partial charge on any atom is 0.232 e. The molecule has 1 amide bonds. The van der Waals surface area contributed by atoms with Crippen molar-refractivity contribution in [3.63, 3.8) is 0 Å². The van der Waals surface area contributed by atoms with Gasteiger partial charge < -0.3 is 10.6 Å². The average molecular weight is 475 g/mol. The molecule has 2 N–H and O–H groups in total. The average Bonchev–Trinajstić information content (AvgIpc) is 3.27. The van der Waals surface area contributed by atoms with Crippen LogP contribution in [0.25, 0.3) is 11.0 Å². The first-order valence-electron chi connectivity index (χ1n) is 11.7. The van der Waals surface area contributed by atoms with E-state index in [1.807, 2.05) is 65.3 Å². The minimum Gasteiger partial charge on any atom is -0.369 e. The molecule has 0 spiro atoms. The van der Waals surface area contributed by atoms with Crippen molar-refractivity contribution < 1.29 is 4.79 Å². The molecular formula is C26H30N6OS. The van der Waals surface area contributed by atoms with E-state index >= 15 is 0 Å². The number of thioether (sulfide) groups is 1. The Bertz CT molecular complexity index is 1170. The van der Waals surface area contributed by atoms with Crippen LogP contribution >= 0.6 is 11.8 Å². The Balaban J connectivity index is 1.51. The van der Waals surface area contributed by atoms with Crippen LogP contribution in [-0.4, -0.2) is 44.5 Å². The highest BCUT2D eigenvalue weighted by Crippen LogP contribution is 2.26. The van der Waals surface area contributed by atoms with Gasteiger partial charge in [-0.2, -0.15) is 5.10 Å². The summed E-state index contributed by atoms with van der Waals surface area (Å²) in [6.45, 7) is 6.01. The summed E-state index contributed by atoms with van der Waals surface area (Å²) in [7, 11) is 0. The van der Waals surface area contributed by atoms with Crippen LogP contribution in [-0.2, 0) is 11.3 Å². The number of anilines is 1. The normalized spacial score (nSPS) is 11.1. The fourth-order valence-electron chi connectivity index (χ4n) is 3.84. The van der Waals surface area contributed by atoms with Gasteiger partial charge in [0, 0.05) is 13.1 Å². The van der Waals surface area contributed by atoms with Gasteiger partial charge in [0.05, 0.1) is 24.0 Å². The maximum absolute atomic E-state index is 13.3. The van der Waals surface area contributed by atoms with Gasteiger partial charge in [0.2, 0.25) is 5.91 Å². The fraction of sp³-hybridized carbons (Fsp3) is 0.308. The van der Waals surface area contributed by atoms with Gasteiger partial charge >= 0.3 is 0 Å². The summed E-state index contributed by atoms with van der Waals surface area (Å²) >= 11 is 1.60. The summed E-state index contributed by atoms with van der Waals surface area (Å²) in [6.07, 6.45) is 2.80. The van der Waals surface area contributed by atoms with Gasteiger partial charge in [0.25, 0.3) is 0 Å². The Morgan fingerprint density at radius 2 is 1.65 bits per heavy atom. The second-order valence-corrected chi connectivity index (χ2v) is 9.10. The second kappa shape index (κ2) is 11.7. The molecule has 2 aromatic carbocycles. The minimum atomic E-state index is -0.364. The molecule has 0 aliphatic heterocycles. The van der Waals surface area contributed by atoms with Gasteiger partial charge in [-0.25, -0.2) is 14.6 Å². The number of benzene rings is 2. The Kier molecular flexibility index (Phi) is 8.14. The molecule has 0 aliphatic rings. The molecule has 176 valence electrons. The van der Waals surface area contributed by atoms with Crippen molar-refractivity contribution in [2.75, 3.05) is 24.2 Å². The number of carbonyl (C=O) groups excluding carboxylic acids is 1. The van der Waals surface area contributed by atoms with E-state index in [1.54, 1.807) is 18.0 Å². The maximum atomic E-state index is 13.3. The summed E-state index contributed by atoms with van der Waals surface area (Å²) in [4.78, 5) is 22.6. The van der Waals surface area contributed by atoms with Crippen LogP contribution in [0.3, 0.4) is 0 Å². The third kappa shape index (κ3) is 5.56. The van der Waals surface area contributed by atoms with Gasteiger partial charge in [-0.1, -0.05) is 86.3 Å². The smallest absolute Gasteiger partial charge is 0.232 e. The van der Waals surface area contributed by atoms with Crippen molar-refractivity contribution in [3.8, 4) is 0 Å². The summed E-state index contributed by atoms with van der Waals surface area (Å²) in [5, 5.41) is 12.7. The molecule has 0 radical (unpaired) electrons. The summed E-state index contributed by atoms with van der Waals surface area (Å²) < 4.78 is 1.84. The molecule has 0 atom stereocenters. The Morgan fingerprint density at radius 1 is 0.971 bits per heavy atom. The topological polar surface area (TPSA) is 84.7 Å². The molecule has 0 aliphatic carbocycles. The number of aromatic nitrogens is 4. The lowest BCUT2D eigenvalue weighted by Crippen LogP contribution is -2.32. The van der Waals surface area contributed by atoms with Crippen LogP contribution in [0, 0.1) is 0 Å². The van der Waals surface area contributed by atoms with Crippen molar-refractivity contribution in [3.05, 3.63) is 78.0 Å². The zero-order valence-corrected chi connectivity index (χ0v) is 20.4. The van der Waals surface area contributed by atoms with Gasteiger partial charge in [-0.05, 0) is 23.3 Å². The third-order valence-corrected chi connectivity index (χ3v) is 6.17. The van der Waals surface area contributed by atoms with Gasteiger partial charge in [0.1, 0.15) is 5.82 Å². The number of amides is 1. The first-order chi connectivity index (χ1) is 16.7. The first-order valence-corrected chi connectivity index (χ1v) is 12.7. The van der Waals surface area contributed by atoms with E-state index in [0.717, 1.165) is 51.9 Å². The van der Waals surface area contributed by atoms with Crippen LogP contribution in [0.15, 0.2) is 72.0 Å². The monoisotopic (exact) mass is 474 g/mol. The number of rotatable bonds is 11. The zero-order chi connectivity index (χ0) is 23.8. The Hall–Kier alpha value is -3.39. The number of fused-ring (bicyclic) bond motifs is 1. The lowest BCUT2D eigenvalue weighted by Gasteiger charge is -2.18. The standard InChI is InChI=1S/C26H30N6OS/c1-3-15-27-23-21-18-29-32(24(21)31-26(30-23)34-4-2)17-16-28-25(33)22(19-11-7-5-8-12-19)20-13-9-6-10-14-20/h5-14,18,22H,3-4,15-17H2,1-2H3,(H,28,33)(H,27,30,31). The van der Waals surface area contributed by atoms with E-state index in [1.165, 1.54) is 0 Å². The van der Waals surface area contributed by atoms with E-state index in [0.29, 0.717) is 13.1 Å². The number of hydrogen-bond acceptors (Lipinski definition) is 6. The molecule has 0 saturated carbocycles. The molecule has 0 fully saturated rings. The van der Waals surface area contributed by atoms with Crippen LogP contribution in [0.2, 0.25) is 0 Å². The van der Waals surface area contributed by atoms with Crippen molar-refractivity contribution in [2.45, 2.75) is 37.9 Å². The number of hydrogen-bond donors (Lipinski definition) is 2. The lowest BCUT2D eigenvalue weighted by atomic mass is 9.90. The van der Waals surface area contributed by atoms with Crippen molar-refractivity contribution in [1.82, 2.24) is 25.1 Å². The molecule has 0 unspecified atom stereocenters. The van der Waals surface area contributed by atoms with Gasteiger partial charge in [-0.3, -0.25) is 4.79 Å². The predicted molar refractivity (Wildman–Crippen MR) is 138 cm³/mol. The van der Waals surface area contributed by atoms with Crippen molar-refractivity contribution >= 4 is 34.5 Å². The van der Waals surface area contributed by atoms with Crippen LogP contribution in [0.5, 0.6) is 0 Å². The van der Waals surface area contributed by atoms with E-state index < -0.39 is 0 Å². The summed E-state index contributed by atoms with van der Waals surface area (Å²) in [5.41, 5.74) is 2.72. The van der Waals surface area contributed by atoms with Gasteiger partial charge in [-0.15, -0.1) is 0 Å². The van der Waals surface area contributed by atoms with E-state index in [2.05, 4.69) is 34.6 Å². The molecule has 34 heavy (non-hydrogen) atoms. The molecular weight excluding hydrogens is 444 g/mol. The van der Waals surface area contributed by atoms with E-state index in [4.69, 9.17) is 4.98 Å². The minimum absolute atomic E-state index is 0.0315. The summed E-state index contributed by atoms with van der Waals surface area (Å²) in [5.74, 6) is 1.31. The quantitative estimate of drug-likeness (QED) is 0.242. The number of nitrogens with zero attached hydrogens (tertiary/aromatic N) is 4. The van der Waals surface area contributed by atoms with Gasteiger partial charge in [0.15, 0.2) is 10.8 Å². The van der Waals surface area contributed by atoms with E-state index in [9.17, 15) is 4.79 Å². The number of carbonyl (C=O) groups is 1.